The molecule has 3 amide bonds. The molecule has 140 valence electrons. The number of anilines is 3. The summed E-state index contributed by atoms with van der Waals surface area (Å²) in [6.07, 6.45) is 1.99. The van der Waals surface area contributed by atoms with Crippen molar-refractivity contribution in [3.8, 4) is 0 Å². The van der Waals surface area contributed by atoms with Gasteiger partial charge in [0, 0.05) is 42.5 Å². The molecule has 0 radical (unpaired) electrons. The van der Waals surface area contributed by atoms with Crippen molar-refractivity contribution < 1.29 is 14.4 Å². The van der Waals surface area contributed by atoms with E-state index in [1.165, 1.54) is 0 Å². The van der Waals surface area contributed by atoms with Crippen LogP contribution in [-0.2, 0) is 16.0 Å². The van der Waals surface area contributed by atoms with Crippen molar-refractivity contribution in [2.45, 2.75) is 33.1 Å². The third kappa shape index (κ3) is 4.34. The minimum atomic E-state index is -0.226. The van der Waals surface area contributed by atoms with Crippen LogP contribution >= 0.6 is 0 Å². The molecule has 0 aliphatic carbocycles. The molecule has 1 aliphatic heterocycles. The summed E-state index contributed by atoms with van der Waals surface area (Å²) in [5.74, 6) is -0.265. The van der Waals surface area contributed by atoms with E-state index < -0.39 is 0 Å². The first-order valence-corrected chi connectivity index (χ1v) is 9.10. The molecular weight excluding hydrogens is 342 g/mol. The fourth-order valence-corrected chi connectivity index (χ4v) is 3.20. The largest absolute Gasteiger partial charge is 0.326 e. The van der Waals surface area contributed by atoms with Crippen LogP contribution in [0, 0.1) is 0 Å². The van der Waals surface area contributed by atoms with Gasteiger partial charge < -0.3 is 15.5 Å². The Bertz CT molecular complexity index is 892. The number of nitrogens with one attached hydrogen (secondary N) is 2. The number of amides is 3. The van der Waals surface area contributed by atoms with Gasteiger partial charge in [0.2, 0.25) is 11.8 Å². The monoisotopic (exact) mass is 365 g/mol. The van der Waals surface area contributed by atoms with Crippen LogP contribution in [0.3, 0.4) is 0 Å². The van der Waals surface area contributed by atoms with Crippen molar-refractivity contribution in [2.24, 2.45) is 0 Å². The zero-order valence-corrected chi connectivity index (χ0v) is 15.5. The normalized spacial score (nSPS) is 12.4. The minimum Gasteiger partial charge on any atom is -0.326 e. The van der Waals surface area contributed by atoms with Crippen LogP contribution in [0.25, 0.3) is 0 Å². The Balaban J connectivity index is 1.71. The maximum Gasteiger partial charge on any atom is 0.255 e. The second kappa shape index (κ2) is 8.03. The van der Waals surface area contributed by atoms with Gasteiger partial charge in [0.05, 0.1) is 0 Å². The number of fused-ring (bicyclic) bond motifs is 1. The number of hydrogen-bond acceptors (Lipinski definition) is 3. The number of benzene rings is 2. The lowest BCUT2D eigenvalue weighted by Crippen LogP contribution is -2.25. The third-order valence-corrected chi connectivity index (χ3v) is 4.50. The molecule has 0 unspecified atom stereocenters. The van der Waals surface area contributed by atoms with Gasteiger partial charge in [-0.15, -0.1) is 0 Å². The van der Waals surface area contributed by atoms with Crippen LogP contribution in [0.1, 0.15) is 42.6 Å². The van der Waals surface area contributed by atoms with Gasteiger partial charge in [-0.25, -0.2) is 0 Å². The fourth-order valence-electron chi connectivity index (χ4n) is 3.20. The molecule has 2 aromatic carbocycles. The Hall–Kier alpha value is -3.15. The van der Waals surface area contributed by atoms with E-state index >= 15 is 0 Å². The van der Waals surface area contributed by atoms with Crippen LogP contribution in [0.4, 0.5) is 17.1 Å². The van der Waals surface area contributed by atoms with Crippen molar-refractivity contribution in [2.75, 3.05) is 22.1 Å². The van der Waals surface area contributed by atoms with Crippen molar-refractivity contribution in [1.29, 1.82) is 0 Å². The summed E-state index contributed by atoms with van der Waals surface area (Å²) in [5.41, 5.74) is 3.68. The zero-order chi connectivity index (χ0) is 19.4. The Morgan fingerprint density at radius 1 is 1.04 bits per heavy atom. The summed E-state index contributed by atoms with van der Waals surface area (Å²) in [6.45, 7) is 4.14. The van der Waals surface area contributed by atoms with E-state index in [0.717, 1.165) is 24.1 Å². The summed E-state index contributed by atoms with van der Waals surface area (Å²) in [6, 6.07) is 12.5. The Labute approximate surface area is 158 Å². The van der Waals surface area contributed by atoms with Gasteiger partial charge in [0.15, 0.2) is 0 Å². The standard InChI is InChI=1S/C21H23N3O3/c1-3-5-20(26)22-17-6-4-7-18(13-17)23-21(27)16-8-9-19-15(12-16)10-11-24(19)14(2)25/h4,6-9,12-13H,3,5,10-11H2,1-2H3,(H,22,26)(H,23,27). The van der Waals surface area contributed by atoms with Crippen molar-refractivity contribution in [3.05, 3.63) is 53.6 Å². The summed E-state index contributed by atoms with van der Waals surface area (Å²) in [5, 5.41) is 5.68. The van der Waals surface area contributed by atoms with E-state index in [0.29, 0.717) is 29.9 Å². The number of carbonyl (C=O) groups excluding carboxylic acids is 3. The van der Waals surface area contributed by atoms with E-state index in [2.05, 4.69) is 10.6 Å². The molecule has 0 atom stereocenters. The first kappa shape index (κ1) is 18.6. The van der Waals surface area contributed by atoms with Gasteiger partial charge >= 0.3 is 0 Å². The Morgan fingerprint density at radius 2 is 1.78 bits per heavy atom. The van der Waals surface area contributed by atoms with Crippen LogP contribution < -0.4 is 15.5 Å². The smallest absolute Gasteiger partial charge is 0.255 e. The Kier molecular flexibility index (Phi) is 5.54. The zero-order valence-electron chi connectivity index (χ0n) is 15.5. The highest BCUT2D eigenvalue weighted by molar-refractivity contribution is 6.05. The maximum absolute atomic E-state index is 12.6. The molecule has 1 heterocycles. The molecule has 6 heteroatoms. The number of nitrogens with zero attached hydrogens (tertiary/aromatic N) is 1. The molecule has 1 aliphatic rings. The van der Waals surface area contributed by atoms with E-state index in [9.17, 15) is 14.4 Å². The van der Waals surface area contributed by atoms with Crippen LogP contribution in [0.15, 0.2) is 42.5 Å². The average molecular weight is 365 g/mol. The molecule has 27 heavy (non-hydrogen) atoms. The van der Waals surface area contributed by atoms with E-state index in [-0.39, 0.29) is 17.7 Å². The van der Waals surface area contributed by atoms with Gasteiger partial charge in [-0.3, -0.25) is 14.4 Å². The molecule has 2 aromatic rings. The van der Waals surface area contributed by atoms with Gasteiger partial charge in [0.1, 0.15) is 0 Å². The molecule has 0 bridgehead atoms. The number of rotatable bonds is 5. The molecule has 3 rings (SSSR count). The molecule has 2 N–H and O–H groups in total. The SMILES string of the molecule is CCCC(=O)Nc1cccc(NC(=O)c2ccc3c(c2)CCN3C(C)=O)c1. The highest BCUT2D eigenvalue weighted by atomic mass is 16.2. The Morgan fingerprint density at radius 3 is 2.48 bits per heavy atom. The van der Waals surface area contributed by atoms with Crippen LogP contribution in [0.5, 0.6) is 0 Å². The minimum absolute atomic E-state index is 0.00730. The lowest BCUT2D eigenvalue weighted by Gasteiger charge is -2.15. The van der Waals surface area contributed by atoms with Crippen molar-refractivity contribution in [3.63, 3.8) is 0 Å². The van der Waals surface area contributed by atoms with Crippen molar-refractivity contribution in [1.82, 2.24) is 0 Å². The van der Waals surface area contributed by atoms with E-state index in [1.54, 1.807) is 42.2 Å². The predicted octanol–water partition coefficient (Wildman–Crippen LogP) is 3.59. The second-order valence-corrected chi connectivity index (χ2v) is 6.60. The molecule has 0 spiro atoms. The molecule has 6 nitrogen and oxygen atoms in total. The quantitative estimate of drug-likeness (QED) is 0.850. The maximum atomic E-state index is 12.6. The first-order chi connectivity index (χ1) is 13.0. The lowest BCUT2D eigenvalue weighted by molar-refractivity contribution is -0.117. The summed E-state index contributed by atoms with van der Waals surface area (Å²) >= 11 is 0. The van der Waals surface area contributed by atoms with Crippen LogP contribution in [-0.4, -0.2) is 24.3 Å². The second-order valence-electron chi connectivity index (χ2n) is 6.60. The summed E-state index contributed by atoms with van der Waals surface area (Å²) in [7, 11) is 0. The molecule has 0 fully saturated rings. The summed E-state index contributed by atoms with van der Waals surface area (Å²) < 4.78 is 0. The molecular formula is C21H23N3O3. The van der Waals surface area contributed by atoms with Gasteiger partial charge in [0.25, 0.3) is 5.91 Å². The molecule has 0 saturated heterocycles. The van der Waals surface area contributed by atoms with E-state index in [4.69, 9.17) is 0 Å². The highest BCUT2D eigenvalue weighted by Crippen LogP contribution is 2.29. The number of carbonyl (C=O) groups is 3. The lowest BCUT2D eigenvalue weighted by atomic mass is 10.1. The van der Waals surface area contributed by atoms with Gasteiger partial charge in [-0.2, -0.15) is 0 Å². The fraction of sp³-hybridized carbons (Fsp3) is 0.286. The molecule has 0 aromatic heterocycles. The van der Waals surface area contributed by atoms with Gasteiger partial charge in [-0.05, 0) is 54.8 Å². The first-order valence-electron chi connectivity index (χ1n) is 9.10. The topological polar surface area (TPSA) is 78.5 Å². The number of hydrogen-bond donors (Lipinski definition) is 2. The van der Waals surface area contributed by atoms with Crippen LogP contribution in [0.2, 0.25) is 0 Å². The molecule has 0 saturated carbocycles. The third-order valence-electron chi connectivity index (χ3n) is 4.50. The highest BCUT2D eigenvalue weighted by Gasteiger charge is 2.23. The van der Waals surface area contributed by atoms with Gasteiger partial charge in [-0.1, -0.05) is 13.0 Å². The van der Waals surface area contributed by atoms with E-state index in [1.807, 2.05) is 19.1 Å². The predicted molar refractivity (Wildman–Crippen MR) is 106 cm³/mol. The van der Waals surface area contributed by atoms with Crippen molar-refractivity contribution >= 4 is 34.8 Å². The average Bonchev–Trinajstić information content (AvgIpc) is 3.05. The summed E-state index contributed by atoms with van der Waals surface area (Å²) in [4.78, 5) is 37.7.